The quantitative estimate of drug-likeness (QED) is 0.549. The normalized spacial score (nSPS) is 15.4. The maximum atomic E-state index is 12.0. The smallest absolute Gasteiger partial charge is 0.220 e. The van der Waals surface area contributed by atoms with Crippen molar-refractivity contribution in [1.29, 1.82) is 0 Å². The number of carbonyl (C=O) groups excluding carboxylic acids is 1. The van der Waals surface area contributed by atoms with Gasteiger partial charge in [0.2, 0.25) is 5.91 Å². The first-order chi connectivity index (χ1) is 11.6. The number of hydrogen-bond acceptors (Lipinski definition) is 4. The average Bonchev–Trinajstić information content (AvgIpc) is 2.85. The van der Waals surface area contributed by atoms with E-state index in [0.29, 0.717) is 13.0 Å². The summed E-state index contributed by atoms with van der Waals surface area (Å²) < 4.78 is 7.27. The monoisotopic (exact) mass is 334 g/mol. The lowest BCUT2D eigenvalue weighted by molar-refractivity contribution is -0.121. The predicted octanol–water partition coefficient (Wildman–Crippen LogP) is 1.46. The summed E-state index contributed by atoms with van der Waals surface area (Å²) in [4.78, 5) is 14.4. The third kappa shape index (κ3) is 5.46. The van der Waals surface area contributed by atoms with E-state index in [1.807, 2.05) is 17.7 Å². The van der Waals surface area contributed by atoms with E-state index in [1.165, 1.54) is 5.56 Å². The Morgan fingerprint density at radius 3 is 2.83 bits per heavy atom. The highest BCUT2D eigenvalue weighted by Gasteiger charge is 2.13. The van der Waals surface area contributed by atoms with Crippen LogP contribution in [0.3, 0.4) is 0 Å². The van der Waals surface area contributed by atoms with Crippen molar-refractivity contribution in [3.63, 3.8) is 0 Å². The van der Waals surface area contributed by atoms with Gasteiger partial charge in [-0.3, -0.25) is 14.4 Å². The number of allylic oxidation sites excluding steroid dienone is 1. The maximum Gasteiger partial charge on any atom is 0.220 e. The molecule has 0 spiro atoms. The van der Waals surface area contributed by atoms with E-state index in [4.69, 9.17) is 4.74 Å². The average molecular weight is 334 g/mol. The van der Waals surface area contributed by atoms with Crippen molar-refractivity contribution in [2.75, 3.05) is 39.4 Å². The fraction of sp³-hybridized carbons (Fsp3) is 0.667. The van der Waals surface area contributed by atoms with E-state index in [2.05, 4.69) is 28.8 Å². The van der Waals surface area contributed by atoms with E-state index in [0.717, 1.165) is 63.6 Å². The van der Waals surface area contributed by atoms with Crippen LogP contribution in [0.5, 0.6) is 0 Å². The van der Waals surface area contributed by atoms with Crippen LogP contribution < -0.4 is 5.32 Å². The fourth-order valence-electron chi connectivity index (χ4n) is 3.08. The Hall–Kier alpha value is -1.66. The van der Waals surface area contributed by atoms with Crippen LogP contribution in [-0.2, 0) is 22.5 Å². The molecule has 2 heterocycles. The molecule has 24 heavy (non-hydrogen) atoms. The van der Waals surface area contributed by atoms with Crippen LogP contribution in [0, 0.1) is 13.8 Å². The molecule has 1 N–H and O–H groups in total. The van der Waals surface area contributed by atoms with Crippen molar-refractivity contribution in [2.45, 2.75) is 39.7 Å². The summed E-state index contributed by atoms with van der Waals surface area (Å²) in [5.74, 6) is 0.118. The Labute approximate surface area is 144 Å². The van der Waals surface area contributed by atoms with Gasteiger partial charge in [-0.2, -0.15) is 5.10 Å². The molecule has 0 aliphatic carbocycles. The first-order valence-corrected chi connectivity index (χ1v) is 8.82. The number of rotatable bonds is 9. The van der Waals surface area contributed by atoms with Gasteiger partial charge in [0.25, 0.3) is 0 Å². The minimum Gasteiger partial charge on any atom is -0.379 e. The summed E-state index contributed by atoms with van der Waals surface area (Å²) >= 11 is 0. The molecule has 0 unspecified atom stereocenters. The van der Waals surface area contributed by atoms with Crippen molar-refractivity contribution >= 4 is 5.91 Å². The number of nitrogens with one attached hydrogen (secondary N) is 1. The second-order valence-electron chi connectivity index (χ2n) is 6.28. The third-order valence-electron chi connectivity index (χ3n) is 4.51. The number of carbonyl (C=O) groups is 1. The maximum absolute atomic E-state index is 12.0. The van der Waals surface area contributed by atoms with Gasteiger partial charge in [0.15, 0.2) is 0 Å². The molecule has 0 atom stereocenters. The van der Waals surface area contributed by atoms with Crippen molar-refractivity contribution < 1.29 is 9.53 Å². The van der Waals surface area contributed by atoms with Gasteiger partial charge in [0, 0.05) is 31.7 Å². The van der Waals surface area contributed by atoms with Gasteiger partial charge in [-0.05, 0) is 38.8 Å². The molecule has 2 rings (SSSR count). The first kappa shape index (κ1) is 18.7. The van der Waals surface area contributed by atoms with Gasteiger partial charge in [-0.25, -0.2) is 0 Å². The molecule has 1 fully saturated rings. The highest BCUT2D eigenvalue weighted by molar-refractivity contribution is 5.76. The first-order valence-electron chi connectivity index (χ1n) is 8.82. The SMILES string of the molecule is C=CCn1nc(C)c(CCC(=O)NCCCN2CCOCC2)c1C. The Kier molecular flexibility index (Phi) is 7.46. The highest BCUT2D eigenvalue weighted by atomic mass is 16.5. The van der Waals surface area contributed by atoms with Gasteiger partial charge in [-0.15, -0.1) is 6.58 Å². The third-order valence-corrected chi connectivity index (χ3v) is 4.51. The number of ether oxygens (including phenoxy) is 1. The number of hydrogen-bond donors (Lipinski definition) is 1. The zero-order chi connectivity index (χ0) is 17.4. The fourth-order valence-corrected chi connectivity index (χ4v) is 3.08. The van der Waals surface area contributed by atoms with E-state index in [9.17, 15) is 4.79 Å². The Bertz CT molecular complexity index is 547. The predicted molar refractivity (Wildman–Crippen MR) is 95.1 cm³/mol. The summed E-state index contributed by atoms with van der Waals surface area (Å²) in [5, 5.41) is 7.53. The molecular weight excluding hydrogens is 304 g/mol. The van der Waals surface area contributed by atoms with Crippen molar-refractivity contribution in [3.05, 3.63) is 29.6 Å². The topological polar surface area (TPSA) is 59.4 Å². The van der Waals surface area contributed by atoms with Crippen LogP contribution in [0.15, 0.2) is 12.7 Å². The summed E-state index contributed by atoms with van der Waals surface area (Å²) in [6.45, 7) is 13.9. The number of morpholine rings is 1. The number of aryl methyl sites for hydroxylation is 1. The van der Waals surface area contributed by atoms with Gasteiger partial charge in [0.1, 0.15) is 0 Å². The molecule has 0 radical (unpaired) electrons. The van der Waals surface area contributed by atoms with E-state index in [-0.39, 0.29) is 5.91 Å². The molecule has 1 saturated heterocycles. The molecule has 6 nitrogen and oxygen atoms in total. The molecule has 0 saturated carbocycles. The van der Waals surface area contributed by atoms with Crippen LogP contribution in [0.25, 0.3) is 0 Å². The zero-order valence-corrected chi connectivity index (χ0v) is 15.0. The molecular formula is C18H30N4O2. The Morgan fingerprint density at radius 1 is 1.38 bits per heavy atom. The molecule has 1 aliphatic rings. The lowest BCUT2D eigenvalue weighted by Crippen LogP contribution is -2.38. The van der Waals surface area contributed by atoms with Gasteiger partial charge in [0.05, 0.1) is 25.5 Å². The van der Waals surface area contributed by atoms with Crippen LogP contribution in [0.1, 0.15) is 29.8 Å². The lowest BCUT2D eigenvalue weighted by atomic mass is 10.1. The lowest BCUT2D eigenvalue weighted by Gasteiger charge is -2.26. The van der Waals surface area contributed by atoms with Crippen LogP contribution in [-0.4, -0.2) is 60.0 Å². The van der Waals surface area contributed by atoms with Crippen LogP contribution in [0.4, 0.5) is 0 Å². The van der Waals surface area contributed by atoms with Crippen LogP contribution >= 0.6 is 0 Å². The van der Waals surface area contributed by atoms with Gasteiger partial charge < -0.3 is 10.1 Å². The summed E-state index contributed by atoms with van der Waals surface area (Å²) in [6, 6.07) is 0. The molecule has 1 amide bonds. The molecule has 1 aromatic rings. The Balaban J connectivity index is 1.66. The van der Waals surface area contributed by atoms with Crippen molar-refractivity contribution in [2.24, 2.45) is 0 Å². The number of amides is 1. The summed E-state index contributed by atoms with van der Waals surface area (Å²) in [5.41, 5.74) is 3.32. The minimum absolute atomic E-state index is 0.118. The minimum atomic E-state index is 0.118. The second-order valence-corrected chi connectivity index (χ2v) is 6.28. The summed E-state index contributed by atoms with van der Waals surface area (Å²) in [6.07, 6.45) is 4.08. The number of nitrogens with zero attached hydrogens (tertiary/aromatic N) is 3. The van der Waals surface area contributed by atoms with E-state index in [1.54, 1.807) is 0 Å². The van der Waals surface area contributed by atoms with Gasteiger partial charge in [-0.1, -0.05) is 6.08 Å². The largest absolute Gasteiger partial charge is 0.379 e. The van der Waals surface area contributed by atoms with Crippen LogP contribution in [0.2, 0.25) is 0 Å². The molecule has 6 heteroatoms. The van der Waals surface area contributed by atoms with Crippen molar-refractivity contribution in [1.82, 2.24) is 20.0 Å². The van der Waals surface area contributed by atoms with Gasteiger partial charge >= 0.3 is 0 Å². The van der Waals surface area contributed by atoms with E-state index < -0.39 is 0 Å². The molecule has 134 valence electrons. The molecule has 1 aromatic heterocycles. The molecule has 0 bridgehead atoms. The standard InChI is InChI=1S/C18H30N4O2/c1-4-9-22-16(3)17(15(2)20-22)6-7-18(23)19-8-5-10-21-11-13-24-14-12-21/h4H,1,5-14H2,2-3H3,(H,19,23). The highest BCUT2D eigenvalue weighted by Crippen LogP contribution is 2.15. The Morgan fingerprint density at radius 2 is 2.12 bits per heavy atom. The van der Waals surface area contributed by atoms with Crippen molar-refractivity contribution in [3.8, 4) is 0 Å². The molecule has 0 aromatic carbocycles. The number of aromatic nitrogens is 2. The zero-order valence-electron chi connectivity index (χ0n) is 15.0. The summed E-state index contributed by atoms with van der Waals surface area (Å²) in [7, 11) is 0. The molecule has 1 aliphatic heterocycles. The second kappa shape index (κ2) is 9.59. The van der Waals surface area contributed by atoms with E-state index >= 15 is 0 Å².